The highest BCUT2D eigenvalue weighted by Crippen LogP contribution is 2.24. The zero-order valence-electron chi connectivity index (χ0n) is 12.0. The molecule has 0 aromatic heterocycles. The molecule has 0 aliphatic carbocycles. The molecule has 22 heavy (non-hydrogen) atoms. The standard InChI is InChI=1S/C15H14INO4S/c1-10-6-8-11(9-7-10)22(19,20)17-15(18)14-12(16)4-3-5-13(14)21-2/h3-9H,1-2H3,(H,17,18)/i16-2. The molecule has 5 nitrogen and oxygen atoms in total. The monoisotopic (exact) mass is 429 g/mol. The van der Waals surface area contributed by atoms with E-state index in [0.717, 1.165) is 5.56 Å². The van der Waals surface area contributed by atoms with Crippen LogP contribution in [0.25, 0.3) is 0 Å². The number of rotatable bonds is 4. The lowest BCUT2D eigenvalue weighted by atomic mass is 10.2. The van der Waals surface area contributed by atoms with Crippen LogP contribution in [0.15, 0.2) is 47.4 Å². The maximum Gasteiger partial charge on any atom is 0.269 e. The lowest BCUT2D eigenvalue weighted by molar-refractivity contribution is 0.0977. The first-order valence-electron chi connectivity index (χ1n) is 6.31. The summed E-state index contributed by atoms with van der Waals surface area (Å²) >= 11 is 1.96. The molecule has 2 aromatic carbocycles. The molecule has 0 saturated carbocycles. The molecular weight excluding hydrogens is 415 g/mol. The van der Waals surface area contributed by atoms with Crippen LogP contribution < -0.4 is 9.46 Å². The maximum atomic E-state index is 12.3. The van der Waals surface area contributed by atoms with Crippen molar-refractivity contribution in [2.75, 3.05) is 7.11 Å². The first-order valence-corrected chi connectivity index (χ1v) is 8.87. The summed E-state index contributed by atoms with van der Waals surface area (Å²) in [5.41, 5.74) is 1.13. The first kappa shape index (κ1) is 16.8. The van der Waals surface area contributed by atoms with E-state index in [9.17, 15) is 13.2 Å². The number of halogens is 1. The Bertz CT molecular complexity index is 801. The van der Waals surface area contributed by atoms with E-state index >= 15 is 0 Å². The third-order valence-corrected chi connectivity index (χ3v) is 5.23. The number of carbonyl (C=O) groups excluding carboxylic acids is 1. The molecule has 7 heteroatoms. The predicted molar refractivity (Wildman–Crippen MR) is 91.5 cm³/mol. The van der Waals surface area contributed by atoms with E-state index in [0.29, 0.717) is 9.32 Å². The summed E-state index contributed by atoms with van der Waals surface area (Å²) in [6.45, 7) is 1.85. The number of hydrogen-bond donors (Lipinski definition) is 1. The molecule has 0 atom stereocenters. The number of ether oxygens (including phenoxy) is 1. The van der Waals surface area contributed by atoms with E-state index in [-0.39, 0.29) is 10.5 Å². The van der Waals surface area contributed by atoms with Gasteiger partial charge in [-0.15, -0.1) is 0 Å². The Hall–Kier alpha value is -1.61. The summed E-state index contributed by atoms with van der Waals surface area (Å²) in [7, 11) is -2.50. The van der Waals surface area contributed by atoms with Crippen molar-refractivity contribution < 1.29 is 17.9 Å². The zero-order chi connectivity index (χ0) is 16.3. The summed E-state index contributed by atoms with van der Waals surface area (Å²) in [5, 5.41) is 0. The Kier molecular flexibility index (Phi) is 5.07. The van der Waals surface area contributed by atoms with E-state index in [1.165, 1.54) is 19.2 Å². The molecular formula is C15H14INO4S. The Morgan fingerprint density at radius 3 is 2.36 bits per heavy atom. The predicted octanol–water partition coefficient (Wildman–Crippen LogP) is 2.73. The minimum absolute atomic E-state index is 0.0383. The number of methoxy groups -OCH3 is 1. The molecule has 1 N–H and O–H groups in total. The average molecular weight is 429 g/mol. The van der Waals surface area contributed by atoms with E-state index in [1.54, 1.807) is 30.3 Å². The van der Waals surface area contributed by atoms with Gasteiger partial charge in [0.15, 0.2) is 0 Å². The van der Waals surface area contributed by atoms with Crippen LogP contribution in [0.5, 0.6) is 5.75 Å². The molecule has 0 saturated heterocycles. The van der Waals surface area contributed by atoms with Gasteiger partial charge >= 0.3 is 0 Å². The van der Waals surface area contributed by atoms with Gasteiger partial charge in [-0.3, -0.25) is 4.79 Å². The molecule has 0 heterocycles. The minimum atomic E-state index is -3.92. The summed E-state index contributed by atoms with van der Waals surface area (Å²) in [4.78, 5) is 12.4. The summed E-state index contributed by atoms with van der Waals surface area (Å²) < 4.78 is 32.3. The first-order chi connectivity index (χ1) is 10.3. The topological polar surface area (TPSA) is 72.5 Å². The molecule has 0 unspecified atom stereocenters. The van der Waals surface area contributed by atoms with Gasteiger partial charge < -0.3 is 4.74 Å². The molecule has 0 bridgehead atoms. The number of benzene rings is 2. The normalized spacial score (nSPS) is 11.0. The van der Waals surface area contributed by atoms with Gasteiger partial charge in [-0.05, 0) is 53.8 Å². The van der Waals surface area contributed by atoms with Crippen LogP contribution in [0.2, 0.25) is 0 Å². The largest absolute Gasteiger partial charge is 0.496 e. The van der Waals surface area contributed by atoms with Crippen molar-refractivity contribution >= 4 is 38.5 Å². The van der Waals surface area contributed by atoms with Crippen molar-refractivity contribution in [2.45, 2.75) is 11.8 Å². The fourth-order valence-corrected chi connectivity index (χ4v) is 3.52. The third kappa shape index (κ3) is 3.58. The molecule has 0 radical (unpaired) electrons. The lowest BCUT2D eigenvalue weighted by Crippen LogP contribution is -2.31. The van der Waals surface area contributed by atoms with Crippen molar-refractivity contribution in [3.63, 3.8) is 0 Å². The van der Waals surface area contributed by atoms with Gasteiger partial charge in [0.2, 0.25) is 0 Å². The molecule has 1 amide bonds. The van der Waals surface area contributed by atoms with Crippen LogP contribution >= 0.6 is 22.6 Å². The Labute approximate surface area is 142 Å². The van der Waals surface area contributed by atoms with Crippen LogP contribution in [-0.4, -0.2) is 21.4 Å². The van der Waals surface area contributed by atoms with Gasteiger partial charge in [-0.1, -0.05) is 23.8 Å². The molecule has 0 aliphatic rings. The van der Waals surface area contributed by atoms with Crippen LogP contribution in [0.3, 0.4) is 0 Å². The zero-order valence-corrected chi connectivity index (χ0v) is 14.9. The van der Waals surface area contributed by atoms with Crippen LogP contribution in [-0.2, 0) is 10.0 Å². The number of aryl methyl sites for hydroxylation is 1. The Morgan fingerprint density at radius 1 is 1.14 bits per heavy atom. The molecule has 0 aliphatic heterocycles. The highest BCUT2D eigenvalue weighted by Gasteiger charge is 2.22. The SMILES string of the molecule is COc1cccc([125I])c1C(=O)NS(=O)(=O)c1ccc(C)cc1. The number of carbonyl (C=O) groups is 1. The molecule has 2 rings (SSSR count). The van der Waals surface area contributed by atoms with Crippen molar-refractivity contribution in [2.24, 2.45) is 0 Å². The quantitative estimate of drug-likeness (QED) is 0.759. The van der Waals surface area contributed by atoms with Crippen LogP contribution in [0.1, 0.15) is 15.9 Å². The van der Waals surface area contributed by atoms with E-state index in [1.807, 2.05) is 29.5 Å². The molecule has 2 aromatic rings. The van der Waals surface area contributed by atoms with E-state index in [2.05, 4.69) is 4.72 Å². The average Bonchev–Trinajstić information content (AvgIpc) is 2.46. The summed E-state index contributed by atoms with van der Waals surface area (Å²) in [6, 6.07) is 11.3. The fraction of sp³-hybridized carbons (Fsp3) is 0.133. The second-order valence-electron chi connectivity index (χ2n) is 4.56. The fourth-order valence-electron chi connectivity index (χ4n) is 1.84. The lowest BCUT2D eigenvalue weighted by Gasteiger charge is -2.11. The van der Waals surface area contributed by atoms with Crippen LogP contribution in [0.4, 0.5) is 0 Å². The highest BCUT2D eigenvalue weighted by atomic mass is 125. The second kappa shape index (κ2) is 6.66. The maximum absolute atomic E-state index is 12.3. The van der Waals surface area contributed by atoms with Crippen molar-refractivity contribution in [1.82, 2.24) is 4.72 Å². The number of amides is 1. The van der Waals surface area contributed by atoms with Gasteiger partial charge in [-0.2, -0.15) is 0 Å². The van der Waals surface area contributed by atoms with Crippen molar-refractivity contribution in [1.29, 1.82) is 0 Å². The Morgan fingerprint density at radius 2 is 1.77 bits per heavy atom. The summed E-state index contributed by atoms with van der Waals surface area (Å²) in [6.07, 6.45) is 0. The molecule has 0 spiro atoms. The molecule has 116 valence electrons. The van der Waals surface area contributed by atoms with Gasteiger partial charge in [0.25, 0.3) is 15.9 Å². The number of hydrogen-bond acceptors (Lipinski definition) is 4. The molecule has 0 fully saturated rings. The van der Waals surface area contributed by atoms with Gasteiger partial charge in [0.05, 0.1) is 17.6 Å². The summed E-state index contributed by atoms with van der Waals surface area (Å²) in [5.74, 6) is -0.397. The smallest absolute Gasteiger partial charge is 0.269 e. The van der Waals surface area contributed by atoms with Gasteiger partial charge in [0, 0.05) is 3.57 Å². The Balaban J connectivity index is 2.34. The van der Waals surface area contributed by atoms with E-state index < -0.39 is 15.9 Å². The minimum Gasteiger partial charge on any atom is -0.496 e. The highest BCUT2D eigenvalue weighted by molar-refractivity contribution is 14.1. The van der Waals surface area contributed by atoms with Crippen molar-refractivity contribution in [3.05, 3.63) is 57.2 Å². The van der Waals surface area contributed by atoms with Gasteiger partial charge in [-0.25, -0.2) is 13.1 Å². The number of nitrogens with one attached hydrogen (secondary N) is 1. The second-order valence-corrected chi connectivity index (χ2v) is 7.41. The van der Waals surface area contributed by atoms with E-state index in [4.69, 9.17) is 4.74 Å². The van der Waals surface area contributed by atoms with Crippen molar-refractivity contribution in [3.8, 4) is 5.75 Å². The third-order valence-electron chi connectivity index (χ3n) is 2.98. The van der Waals surface area contributed by atoms with Gasteiger partial charge in [0.1, 0.15) is 5.75 Å². The number of sulfonamides is 1. The van der Waals surface area contributed by atoms with Crippen LogP contribution in [0, 0.1) is 10.5 Å².